The van der Waals surface area contributed by atoms with Crippen molar-refractivity contribution in [3.05, 3.63) is 41.7 Å². The smallest absolute Gasteiger partial charge is 0.319 e. The molecule has 0 radical (unpaired) electrons. The van der Waals surface area contributed by atoms with E-state index in [1.165, 1.54) is 6.07 Å². The maximum atomic E-state index is 17.0. The minimum atomic E-state index is -0.627. The maximum absolute atomic E-state index is 17.0. The molecule has 2 N–H and O–H groups in total. The van der Waals surface area contributed by atoms with Crippen molar-refractivity contribution in [3.63, 3.8) is 0 Å². The second-order valence-corrected chi connectivity index (χ2v) is 13.0. The van der Waals surface area contributed by atoms with Crippen LogP contribution in [0.1, 0.15) is 44.1 Å². The molecule has 224 valence electrons. The first-order chi connectivity index (χ1) is 21.5. The van der Waals surface area contributed by atoms with Crippen LogP contribution in [0.4, 0.5) is 10.2 Å². The van der Waals surface area contributed by atoms with Gasteiger partial charge in [-0.15, -0.1) is 6.42 Å². The summed E-state index contributed by atoms with van der Waals surface area (Å²) in [5.74, 6) is 2.95. The topological polar surface area (TPSA) is 95.9 Å². The molecule has 7 heterocycles. The molecule has 10 heteroatoms. The van der Waals surface area contributed by atoms with Crippen molar-refractivity contribution in [2.24, 2.45) is 0 Å². The Balaban J connectivity index is 1.25. The quantitative estimate of drug-likeness (QED) is 0.335. The number of phenolic OH excluding ortho intramolecular Hbond substituents is 1. The van der Waals surface area contributed by atoms with Crippen LogP contribution in [-0.4, -0.2) is 81.5 Å². The number of ether oxygens (including phenoxy) is 2. The molecule has 0 aliphatic carbocycles. The second-order valence-electron chi connectivity index (χ2n) is 13.0. The van der Waals surface area contributed by atoms with E-state index in [9.17, 15) is 5.11 Å². The van der Waals surface area contributed by atoms with Gasteiger partial charge in [0.1, 0.15) is 41.4 Å². The average molecular weight is 593 g/mol. The first-order valence-electron chi connectivity index (χ1n) is 15.7. The van der Waals surface area contributed by atoms with Crippen LogP contribution in [0, 0.1) is 18.2 Å². The maximum Gasteiger partial charge on any atom is 0.319 e. The number of piperazine rings is 1. The highest BCUT2D eigenvalue weighted by Gasteiger charge is 2.46. The van der Waals surface area contributed by atoms with E-state index in [0.29, 0.717) is 52.4 Å². The Morgan fingerprint density at radius 1 is 1.14 bits per heavy atom. The summed E-state index contributed by atoms with van der Waals surface area (Å²) < 4.78 is 29.8. The number of hydrogen-bond acceptors (Lipinski definition) is 9. The van der Waals surface area contributed by atoms with Gasteiger partial charge in [-0.3, -0.25) is 4.90 Å². The van der Waals surface area contributed by atoms with Crippen molar-refractivity contribution in [1.29, 1.82) is 0 Å². The van der Waals surface area contributed by atoms with Crippen LogP contribution in [-0.2, 0) is 0 Å². The Hall–Kier alpha value is -4.20. The van der Waals surface area contributed by atoms with E-state index in [1.54, 1.807) is 12.1 Å². The zero-order valence-corrected chi connectivity index (χ0v) is 24.4. The summed E-state index contributed by atoms with van der Waals surface area (Å²) in [6, 6.07) is 9.31. The van der Waals surface area contributed by atoms with Gasteiger partial charge >= 0.3 is 6.01 Å². The number of terminal acetylenes is 1. The van der Waals surface area contributed by atoms with Crippen LogP contribution < -0.4 is 19.7 Å². The zero-order valence-electron chi connectivity index (χ0n) is 24.4. The summed E-state index contributed by atoms with van der Waals surface area (Å²) in [6.45, 7) is 3.75. The van der Waals surface area contributed by atoms with E-state index in [0.717, 1.165) is 58.2 Å². The number of aromatic hydroxyl groups is 1. The van der Waals surface area contributed by atoms with Crippen LogP contribution in [0.25, 0.3) is 32.9 Å². The summed E-state index contributed by atoms with van der Waals surface area (Å²) in [5, 5.41) is 16.2. The number of aromatic nitrogens is 3. The molecule has 5 aliphatic heterocycles. The number of benzene rings is 2. The highest BCUT2D eigenvalue weighted by Crippen LogP contribution is 2.45. The average Bonchev–Trinajstić information content (AvgIpc) is 3.71. The molecule has 4 saturated heterocycles. The Bertz CT molecular complexity index is 1880. The first-order valence-corrected chi connectivity index (χ1v) is 15.7. The van der Waals surface area contributed by atoms with E-state index < -0.39 is 5.82 Å². The van der Waals surface area contributed by atoms with Crippen molar-refractivity contribution < 1.29 is 19.0 Å². The third-order valence-electron chi connectivity index (χ3n) is 10.6. The predicted molar refractivity (Wildman–Crippen MR) is 165 cm³/mol. The van der Waals surface area contributed by atoms with Gasteiger partial charge in [-0.25, -0.2) is 9.37 Å². The number of anilines is 1. The fraction of sp³-hybridized carbons (Fsp3) is 0.441. The molecule has 0 saturated carbocycles. The van der Waals surface area contributed by atoms with Gasteiger partial charge in [0.05, 0.1) is 11.6 Å². The number of phenols is 1. The lowest BCUT2D eigenvalue weighted by Crippen LogP contribution is -2.60. The molecule has 3 unspecified atom stereocenters. The van der Waals surface area contributed by atoms with Crippen LogP contribution in [0.3, 0.4) is 0 Å². The molecular formula is C34H33FN6O3. The van der Waals surface area contributed by atoms with Gasteiger partial charge < -0.3 is 24.8 Å². The zero-order chi connectivity index (χ0) is 29.6. The third kappa shape index (κ3) is 3.82. The van der Waals surface area contributed by atoms with Crippen LogP contribution in [0.2, 0.25) is 0 Å². The van der Waals surface area contributed by atoms with E-state index >= 15 is 4.39 Å². The van der Waals surface area contributed by atoms with E-state index in [1.807, 2.05) is 12.1 Å². The Morgan fingerprint density at radius 2 is 2.00 bits per heavy atom. The minimum Gasteiger partial charge on any atom is -0.508 e. The number of nitrogens with zero attached hydrogens (tertiary/aromatic N) is 5. The number of pyridine rings is 1. The Morgan fingerprint density at radius 3 is 2.84 bits per heavy atom. The van der Waals surface area contributed by atoms with Gasteiger partial charge in [-0.1, -0.05) is 18.1 Å². The van der Waals surface area contributed by atoms with Crippen molar-refractivity contribution in [2.75, 3.05) is 37.7 Å². The van der Waals surface area contributed by atoms with Gasteiger partial charge in [0, 0.05) is 35.1 Å². The molecule has 44 heavy (non-hydrogen) atoms. The number of halogens is 1. The molecule has 9 rings (SSSR count). The molecular weight excluding hydrogens is 559 g/mol. The Kier molecular flexibility index (Phi) is 5.75. The number of hydrogen-bond donors (Lipinski definition) is 2. The van der Waals surface area contributed by atoms with Crippen molar-refractivity contribution in [2.45, 2.75) is 62.2 Å². The van der Waals surface area contributed by atoms with E-state index in [-0.39, 0.29) is 46.5 Å². The molecule has 4 aromatic rings. The van der Waals surface area contributed by atoms with Crippen molar-refractivity contribution in [3.8, 4) is 41.2 Å². The molecule has 3 atom stereocenters. The lowest BCUT2D eigenvalue weighted by molar-refractivity contribution is 0.108. The lowest BCUT2D eigenvalue weighted by Gasteiger charge is -2.40. The fourth-order valence-corrected chi connectivity index (χ4v) is 8.54. The van der Waals surface area contributed by atoms with Gasteiger partial charge in [0.15, 0.2) is 5.82 Å². The minimum absolute atomic E-state index is 0.00815. The number of rotatable bonds is 4. The molecule has 2 aromatic heterocycles. The van der Waals surface area contributed by atoms with Gasteiger partial charge in [-0.2, -0.15) is 9.97 Å². The van der Waals surface area contributed by atoms with Crippen LogP contribution >= 0.6 is 0 Å². The summed E-state index contributed by atoms with van der Waals surface area (Å²) in [4.78, 5) is 19.3. The van der Waals surface area contributed by atoms with Gasteiger partial charge in [-0.05, 0) is 75.2 Å². The fourth-order valence-electron chi connectivity index (χ4n) is 8.54. The number of nitrogens with one attached hydrogen (secondary N) is 1. The Labute approximate surface area is 254 Å². The third-order valence-corrected chi connectivity index (χ3v) is 10.6. The largest absolute Gasteiger partial charge is 0.508 e. The molecule has 0 spiro atoms. The van der Waals surface area contributed by atoms with E-state index in [4.69, 9.17) is 30.8 Å². The summed E-state index contributed by atoms with van der Waals surface area (Å²) >= 11 is 0. The van der Waals surface area contributed by atoms with Crippen LogP contribution in [0.5, 0.6) is 17.6 Å². The molecule has 9 nitrogen and oxygen atoms in total. The standard InChI is InChI=1S/C34H33FN6O3/c1-2-19-6-3-7-20-14-22(42)15-23(26(19)20)29-28(35)30-27-31(39-33(38-30)44-18-34-10-4-12-40(34)13-5-11-34)41-16-21-8-9-24(36-21)25(41)17-43-32(27)37-29/h1,3,6-7,14-15,21,24-25,36,42H,4-5,8-13,16-18H2. The van der Waals surface area contributed by atoms with Gasteiger partial charge in [0.2, 0.25) is 5.88 Å². The number of fused-ring (bicyclic) bond motifs is 7. The monoisotopic (exact) mass is 592 g/mol. The highest BCUT2D eigenvalue weighted by atomic mass is 19.1. The van der Waals surface area contributed by atoms with Gasteiger partial charge in [0.25, 0.3) is 0 Å². The first kappa shape index (κ1) is 26.2. The molecule has 2 aromatic carbocycles. The van der Waals surface area contributed by atoms with Crippen LogP contribution in [0.15, 0.2) is 30.3 Å². The molecule has 0 amide bonds. The summed E-state index contributed by atoms with van der Waals surface area (Å²) in [7, 11) is 0. The van der Waals surface area contributed by atoms with Crippen molar-refractivity contribution in [1.82, 2.24) is 25.2 Å². The molecule has 5 aliphatic rings. The van der Waals surface area contributed by atoms with Crippen molar-refractivity contribution >= 4 is 27.5 Å². The summed E-state index contributed by atoms with van der Waals surface area (Å²) in [6.07, 6.45) is 12.5. The predicted octanol–water partition coefficient (Wildman–Crippen LogP) is 4.38. The summed E-state index contributed by atoms with van der Waals surface area (Å²) in [5.41, 5.74) is 1.06. The second kappa shape index (κ2) is 9.65. The highest BCUT2D eigenvalue weighted by molar-refractivity contribution is 6.04. The SMILES string of the molecule is C#Cc1cccc2cc(O)cc(-c3nc4c5c(nc(OCC67CCCN6CCC7)nc5c3F)N3CC5CCC(N5)C3CO4)c12. The molecule has 4 fully saturated rings. The normalized spacial score (nSPS) is 25.0. The lowest BCUT2D eigenvalue weighted by atomic mass is 9.95. The molecule has 2 bridgehead atoms. The van der Waals surface area contributed by atoms with E-state index in [2.05, 4.69) is 21.0 Å².